The Kier molecular flexibility index (Phi) is 5.43. The van der Waals surface area contributed by atoms with Crippen LogP contribution in [0.1, 0.15) is 24.5 Å². The normalized spacial score (nSPS) is 12.0. The van der Waals surface area contributed by atoms with Gasteiger partial charge in [-0.3, -0.25) is 4.79 Å². The Balaban J connectivity index is 3.02. The molecule has 1 aromatic carbocycles. The lowest BCUT2D eigenvalue weighted by Crippen LogP contribution is -2.05. The monoisotopic (exact) mass is 318 g/mol. The molecule has 0 aliphatic rings. The molecular weight excluding hydrogens is 304 g/mol. The SMILES string of the molecule is COc1cc(Br)c([C@H](O)CCC(=O)O)c(OC)c1. The highest BCUT2D eigenvalue weighted by Crippen LogP contribution is 2.38. The molecule has 2 N–H and O–H groups in total. The Labute approximate surface area is 113 Å². The van der Waals surface area contributed by atoms with Crippen LogP contribution in [0.5, 0.6) is 11.5 Å². The third-order valence-corrected chi connectivity index (χ3v) is 3.14. The van der Waals surface area contributed by atoms with Crippen LogP contribution in [0.3, 0.4) is 0 Å². The summed E-state index contributed by atoms with van der Waals surface area (Å²) < 4.78 is 10.9. The number of methoxy groups -OCH3 is 2. The van der Waals surface area contributed by atoms with Gasteiger partial charge < -0.3 is 19.7 Å². The lowest BCUT2D eigenvalue weighted by Gasteiger charge is -2.17. The summed E-state index contributed by atoms with van der Waals surface area (Å²) in [5, 5.41) is 18.6. The van der Waals surface area contributed by atoms with Gasteiger partial charge in [-0.1, -0.05) is 15.9 Å². The Morgan fingerprint density at radius 3 is 2.56 bits per heavy atom. The van der Waals surface area contributed by atoms with E-state index in [4.69, 9.17) is 14.6 Å². The van der Waals surface area contributed by atoms with Gasteiger partial charge in [-0.15, -0.1) is 0 Å². The molecule has 0 heterocycles. The molecule has 18 heavy (non-hydrogen) atoms. The Hall–Kier alpha value is -1.27. The molecule has 0 saturated carbocycles. The quantitative estimate of drug-likeness (QED) is 0.842. The van der Waals surface area contributed by atoms with Gasteiger partial charge in [0.25, 0.3) is 0 Å². The number of carbonyl (C=O) groups is 1. The summed E-state index contributed by atoms with van der Waals surface area (Å²) in [7, 11) is 3.01. The predicted molar refractivity (Wildman–Crippen MR) is 69.1 cm³/mol. The maximum Gasteiger partial charge on any atom is 0.303 e. The van der Waals surface area contributed by atoms with Gasteiger partial charge in [-0.05, 0) is 12.5 Å². The van der Waals surface area contributed by atoms with Gasteiger partial charge in [0.1, 0.15) is 11.5 Å². The highest BCUT2D eigenvalue weighted by molar-refractivity contribution is 9.10. The summed E-state index contributed by atoms with van der Waals surface area (Å²) >= 11 is 3.32. The fourth-order valence-corrected chi connectivity index (χ4v) is 2.27. The van der Waals surface area contributed by atoms with Crippen molar-refractivity contribution in [3.63, 3.8) is 0 Å². The molecule has 0 saturated heterocycles. The molecule has 0 aliphatic heterocycles. The molecule has 1 atom stereocenters. The first kappa shape index (κ1) is 14.8. The van der Waals surface area contributed by atoms with Crippen LogP contribution in [-0.2, 0) is 4.79 Å². The van der Waals surface area contributed by atoms with Crippen molar-refractivity contribution in [3.8, 4) is 11.5 Å². The average molecular weight is 319 g/mol. The number of hydrogen-bond acceptors (Lipinski definition) is 4. The largest absolute Gasteiger partial charge is 0.497 e. The summed E-state index contributed by atoms with van der Waals surface area (Å²) in [5.41, 5.74) is 0.527. The lowest BCUT2D eigenvalue weighted by molar-refractivity contribution is -0.137. The molecule has 1 aromatic rings. The number of aliphatic hydroxyl groups is 1. The Morgan fingerprint density at radius 1 is 1.39 bits per heavy atom. The van der Waals surface area contributed by atoms with Crippen molar-refractivity contribution in [2.75, 3.05) is 14.2 Å². The van der Waals surface area contributed by atoms with Gasteiger partial charge in [-0.2, -0.15) is 0 Å². The van der Waals surface area contributed by atoms with Crippen LogP contribution in [0.2, 0.25) is 0 Å². The maximum atomic E-state index is 10.5. The van der Waals surface area contributed by atoms with E-state index in [-0.39, 0.29) is 12.8 Å². The first-order chi connectivity index (χ1) is 8.49. The summed E-state index contributed by atoms with van der Waals surface area (Å²) in [6.07, 6.45) is -0.893. The fourth-order valence-electron chi connectivity index (χ4n) is 1.58. The van der Waals surface area contributed by atoms with Crippen LogP contribution in [0.15, 0.2) is 16.6 Å². The second-order valence-electron chi connectivity index (χ2n) is 3.67. The van der Waals surface area contributed by atoms with Crippen LogP contribution in [0.25, 0.3) is 0 Å². The minimum absolute atomic E-state index is 0.108. The number of hydrogen-bond donors (Lipinski definition) is 2. The molecule has 0 radical (unpaired) electrons. The van der Waals surface area contributed by atoms with Crippen LogP contribution in [-0.4, -0.2) is 30.4 Å². The second-order valence-corrected chi connectivity index (χ2v) is 4.53. The molecule has 0 amide bonds. The van der Waals surface area contributed by atoms with Gasteiger partial charge in [0.15, 0.2) is 0 Å². The number of ether oxygens (including phenoxy) is 2. The van der Waals surface area contributed by atoms with Gasteiger partial charge >= 0.3 is 5.97 Å². The smallest absolute Gasteiger partial charge is 0.303 e. The van der Waals surface area contributed by atoms with Crippen molar-refractivity contribution < 1.29 is 24.5 Å². The van der Waals surface area contributed by atoms with Gasteiger partial charge in [-0.25, -0.2) is 0 Å². The zero-order valence-electron chi connectivity index (χ0n) is 10.1. The molecule has 0 spiro atoms. The van der Waals surface area contributed by atoms with Crippen molar-refractivity contribution in [1.82, 2.24) is 0 Å². The number of benzene rings is 1. The van der Waals surface area contributed by atoms with Crippen LogP contribution < -0.4 is 9.47 Å². The van der Waals surface area contributed by atoms with E-state index in [1.165, 1.54) is 14.2 Å². The summed E-state index contributed by atoms with van der Waals surface area (Å²) in [6, 6.07) is 3.34. The first-order valence-corrected chi connectivity index (χ1v) is 6.10. The molecule has 0 bridgehead atoms. The van der Waals surface area contributed by atoms with E-state index >= 15 is 0 Å². The third kappa shape index (κ3) is 3.61. The highest BCUT2D eigenvalue weighted by atomic mass is 79.9. The molecule has 0 aromatic heterocycles. The van der Waals surface area contributed by atoms with Crippen LogP contribution in [0.4, 0.5) is 0 Å². The topological polar surface area (TPSA) is 76.0 Å². The van der Waals surface area contributed by atoms with Gasteiger partial charge in [0.05, 0.1) is 20.3 Å². The van der Waals surface area contributed by atoms with Crippen LogP contribution in [0, 0.1) is 0 Å². The van der Waals surface area contributed by atoms with Crippen LogP contribution >= 0.6 is 15.9 Å². The fraction of sp³-hybridized carbons (Fsp3) is 0.417. The van der Waals surface area contributed by atoms with Crippen molar-refractivity contribution in [3.05, 3.63) is 22.2 Å². The van der Waals surface area contributed by atoms with Crippen molar-refractivity contribution in [2.24, 2.45) is 0 Å². The number of halogens is 1. The van der Waals surface area contributed by atoms with Crippen molar-refractivity contribution >= 4 is 21.9 Å². The minimum atomic E-state index is -0.947. The number of aliphatic carboxylic acids is 1. The van der Waals surface area contributed by atoms with Crippen molar-refractivity contribution in [2.45, 2.75) is 18.9 Å². The Bertz CT molecular complexity index is 433. The Morgan fingerprint density at radius 2 is 2.06 bits per heavy atom. The van der Waals surface area contributed by atoms with E-state index in [1.54, 1.807) is 12.1 Å². The number of carboxylic acid groups (broad SMARTS) is 1. The highest BCUT2D eigenvalue weighted by Gasteiger charge is 2.19. The van der Waals surface area contributed by atoms with E-state index in [2.05, 4.69) is 15.9 Å². The molecular formula is C12H15BrO5. The van der Waals surface area contributed by atoms with Gasteiger partial charge in [0, 0.05) is 22.5 Å². The second kappa shape index (κ2) is 6.61. The summed E-state index contributed by atoms with van der Waals surface area (Å²) in [5.74, 6) is 0.102. The third-order valence-electron chi connectivity index (χ3n) is 2.49. The van der Waals surface area contributed by atoms with E-state index in [1.807, 2.05) is 0 Å². The molecule has 1 rings (SSSR count). The van der Waals surface area contributed by atoms with E-state index in [0.717, 1.165) is 0 Å². The van der Waals surface area contributed by atoms with E-state index in [9.17, 15) is 9.90 Å². The molecule has 6 heteroatoms. The van der Waals surface area contributed by atoms with Gasteiger partial charge in [0.2, 0.25) is 0 Å². The number of carboxylic acids is 1. The predicted octanol–water partition coefficient (Wildman–Crippen LogP) is 2.36. The molecule has 0 unspecified atom stereocenters. The summed E-state index contributed by atoms with van der Waals surface area (Å²) in [6.45, 7) is 0. The first-order valence-electron chi connectivity index (χ1n) is 5.30. The molecule has 0 fully saturated rings. The standard InChI is InChI=1S/C12H15BrO5/c1-17-7-5-8(13)12(10(6-7)18-2)9(14)3-4-11(15)16/h5-6,9,14H,3-4H2,1-2H3,(H,15,16)/t9-/m1/s1. The molecule has 100 valence electrons. The molecule has 0 aliphatic carbocycles. The zero-order chi connectivity index (χ0) is 13.7. The zero-order valence-corrected chi connectivity index (χ0v) is 11.7. The van der Waals surface area contributed by atoms with Crippen molar-refractivity contribution in [1.29, 1.82) is 0 Å². The lowest BCUT2D eigenvalue weighted by atomic mass is 10.0. The maximum absolute atomic E-state index is 10.5. The summed E-state index contributed by atoms with van der Waals surface area (Å²) in [4.78, 5) is 10.5. The van der Waals surface area contributed by atoms with E-state index in [0.29, 0.717) is 21.5 Å². The number of aliphatic hydroxyl groups excluding tert-OH is 1. The number of rotatable bonds is 6. The minimum Gasteiger partial charge on any atom is -0.497 e. The van der Waals surface area contributed by atoms with E-state index < -0.39 is 12.1 Å². The molecule has 5 nitrogen and oxygen atoms in total. The average Bonchev–Trinajstić information content (AvgIpc) is 2.34.